The summed E-state index contributed by atoms with van der Waals surface area (Å²) >= 11 is 0. The van der Waals surface area contributed by atoms with Crippen LogP contribution in [-0.2, 0) is 6.54 Å². The topological polar surface area (TPSA) is 78.5 Å². The first-order valence-corrected chi connectivity index (χ1v) is 7.59. The number of hydrogen-bond donors (Lipinski definition) is 3. The van der Waals surface area contributed by atoms with Crippen LogP contribution in [0.15, 0.2) is 12.4 Å². The van der Waals surface area contributed by atoms with Gasteiger partial charge in [0.05, 0.1) is 0 Å². The standard InChI is InChI=1S/C14H26N2.BH3O3/c1-3-4-5-6-7-8-9-10-12-16-13-11-15-14(16)2;2-1(3)4/h11,13H,3-10,12H2,1-2H3;2-4H. The Morgan fingerprint density at radius 2 is 1.50 bits per heavy atom. The largest absolute Gasteiger partial charge is 0.631 e. The Morgan fingerprint density at radius 3 is 1.95 bits per heavy atom. The van der Waals surface area contributed by atoms with Crippen molar-refractivity contribution >= 4 is 7.32 Å². The van der Waals surface area contributed by atoms with Crippen molar-refractivity contribution in [2.75, 3.05) is 0 Å². The van der Waals surface area contributed by atoms with Gasteiger partial charge in [-0.25, -0.2) is 4.98 Å². The van der Waals surface area contributed by atoms with Crippen LogP contribution >= 0.6 is 0 Å². The molecular formula is C14H29BN2O3. The van der Waals surface area contributed by atoms with E-state index in [4.69, 9.17) is 15.1 Å². The first-order chi connectivity index (χ1) is 9.57. The highest BCUT2D eigenvalue weighted by atomic mass is 16.5. The van der Waals surface area contributed by atoms with E-state index in [9.17, 15) is 0 Å². The predicted octanol–water partition coefficient (Wildman–Crippen LogP) is 2.28. The molecule has 1 rings (SSSR count). The molecule has 5 nitrogen and oxygen atoms in total. The highest BCUT2D eigenvalue weighted by Gasteiger charge is 1.96. The molecular weight excluding hydrogens is 255 g/mol. The molecule has 1 heterocycles. The minimum atomic E-state index is -2.17. The molecule has 0 atom stereocenters. The molecule has 0 bridgehead atoms. The van der Waals surface area contributed by atoms with Crippen LogP contribution in [0.2, 0.25) is 0 Å². The van der Waals surface area contributed by atoms with Crippen molar-refractivity contribution in [3.8, 4) is 0 Å². The average Bonchev–Trinajstić information content (AvgIpc) is 2.78. The summed E-state index contributed by atoms with van der Waals surface area (Å²) in [6, 6.07) is 0. The molecule has 20 heavy (non-hydrogen) atoms. The second kappa shape index (κ2) is 13.2. The molecule has 0 radical (unpaired) electrons. The van der Waals surface area contributed by atoms with Crippen LogP contribution in [0.4, 0.5) is 0 Å². The smallest absolute Gasteiger partial charge is 0.402 e. The van der Waals surface area contributed by atoms with Crippen LogP contribution in [0.1, 0.15) is 64.1 Å². The van der Waals surface area contributed by atoms with E-state index in [0.29, 0.717) is 0 Å². The molecule has 0 unspecified atom stereocenters. The van der Waals surface area contributed by atoms with E-state index in [1.165, 1.54) is 51.4 Å². The van der Waals surface area contributed by atoms with Crippen LogP contribution in [0.3, 0.4) is 0 Å². The van der Waals surface area contributed by atoms with Gasteiger partial charge in [0.2, 0.25) is 0 Å². The summed E-state index contributed by atoms with van der Waals surface area (Å²) in [7, 11) is -2.17. The van der Waals surface area contributed by atoms with E-state index >= 15 is 0 Å². The predicted molar refractivity (Wildman–Crippen MR) is 82.0 cm³/mol. The molecule has 0 aliphatic heterocycles. The second-order valence-electron chi connectivity index (χ2n) is 4.99. The fourth-order valence-corrected chi connectivity index (χ4v) is 2.06. The van der Waals surface area contributed by atoms with Gasteiger partial charge < -0.3 is 19.6 Å². The lowest BCUT2D eigenvalue weighted by Gasteiger charge is -2.04. The number of aryl methyl sites for hydroxylation is 2. The molecule has 0 saturated heterocycles. The molecule has 1 aromatic heterocycles. The number of aromatic nitrogens is 2. The summed E-state index contributed by atoms with van der Waals surface area (Å²) in [4.78, 5) is 4.23. The van der Waals surface area contributed by atoms with Gasteiger partial charge in [0.25, 0.3) is 0 Å². The monoisotopic (exact) mass is 284 g/mol. The third kappa shape index (κ3) is 12.2. The Kier molecular flexibility index (Phi) is 12.6. The Morgan fingerprint density at radius 1 is 1.00 bits per heavy atom. The van der Waals surface area contributed by atoms with Crippen LogP contribution < -0.4 is 0 Å². The molecule has 0 amide bonds. The van der Waals surface area contributed by atoms with Gasteiger partial charge in [-0.3, -0.25) is 0 Å². The van der Waals surface area contributed by atoms with Gasteiger partial charge >= 0.3 is 7.32 Å². The molecule has 0 fully saturated rings. The molecule has 0 spiro atoms. The zero-order valence-corrected chi connectivity index (χ0v) is 12.8. The first kappa shape index (κ1) is 19.2. The molecule has 116 valence electrons. The van der Waals surface area contributed by atoms with E-state index < -0.39 is 7.32 Å². The Balaban J connectivity index is 0.000000796. The second-order valence-corrected chi connectivity index (χ2v) is 4.99. The number of unbranched alkanes of at least 4 members (excludes halogenated alkanes) is 7. The van der Waals surface area contributed by atoms with Crippen molar-refractivity contribution in [2.45, 2.75) is 71.8 Å². The van der Waals surface area contributed by atoms with E-state index in [-0.39, 0.29) is 0 Å². The van der Waals surface area contributed by atoms with Crippen LogP contribution in [0, 0.1) is 6.92 Å². The van der Waals surface area contributed by atoms with Crippen molar-refractivity contribution in [3.63, 3.8) is 0 Å². The highest BCUT2D eigenvalue weighted by Crippen LogP contribution is 2.09. The molecule has 1 aromatic rings. The summed E-state index contributed by atoms with van der Waals surface area (Å²) in [5, 5.41) is 21.5. The zero-order valence-electron chi connectivity index (χ0n) is 12.8. The van der Waals surface area contributed by atoms with Crippen LogP contribution in [-0.4, -0.2) is 31.9 Å². The normalized spacial score (nSPS) is 10.1. The molecule has 0 aromatic carbocycles. The first-order valence-electron chi connectivity index (χ1n) is 7.59. The molecule has 0 aliphatic rings. The molecule has 0 aliphatic carbocycles. The third-order valence-corrected chi connectivity index (χ3v) is 3.18. The van der Waals surface area contributed by atoms with Crippen molar-refractivity contribution < 1.29 is 15.1 Å². The lowest BCUT2D eigenvalue weighted by molar-refractivity contribution is 0.278. The molecule has 0 saturated carbocycles. The van der Waals surface area contributed by atoms with Crippen molar-refractivity contribution in [3.05, 3.63) is 18.2 Å². The van der Waals surface area contributed by atoms with Crippen molar-refractivity contribution in [2.24, 2.45) is 0 Å². The van der Waals surface area contributed by atoms with Gasteiger partial charge in [-0.05, 0) is 13.3 Å². The van der Waals surface area contributed by atoms with Gasteiger partial charge in [0.1, 0.15) is 5.82 Å². The van der Waals surface area contributed by atoms with Gasteiger partial charge in [0, 0.05) is 18.9 Å². The lowest BCUT2D eigenvalue weighted by Crippen LogP contribution is -2.07. The molecule has 6 heteroatoms. The van der Waals surface area contributed by atoms with Gasteiger partial charge in [-0.1, -0.05) is 51.9 Å². The maximum absolute atomic E-state index is 7.17. The quantitative estimate of drug-likeness (QED) is 0.480. The van der Waals surface area contributed by atoms with Crippen molar-refractivity contribution in [1.82, 2.24) is 9.55 Å². The minimum absolute atomic E-state index is 1.14. The van der Waals surface area contributed by atoms with Crippen molar-refractivity contribution in [1.29, 1.82) is 0 Å². The summed E-state index contributed by atoms with van der Waals surface area (Å²) in [6.07, 6.45) is 15.1. The Hall–Kier alpha value is -0.845. The lowest BCUT2D eigenvalue weighted by atomic mass is 10.1. The van der Waals surface area contributed by atoms with Crippen LogP contribution in [0.5, 0.6) is 0 Å². The summed E-state index contributed by atoms with van der Waals surface area (Å²) in [5.41, 5.74) is 0. The number of hydrogen-bond acceptors (Lipinski definition) is 4. The fourth-order valence-electron chi connectivity index (χ4n) is 2.06. The minimum Gasteiger partial charge on any atom is -0.402 e. The Labute approximate surface area is 122 Å². The van der Waals surface area contributed by atoms with Gasteiger partial charge in [-0.15, -0.1) is 0 Å². The van der Waals surface area contributed by atoms with E-state index in [1.54, 1.807) is 0 Å². The molecule has 3 N–H and O–H groups in total. The third-order valence-electron chi connectivity index (χ3n) is 3.18. The fraction of sp³-hybridized carbons (Fsp3) is 0.786. The summed E-state index contributed by atoms with van der Waals surface area (Å²) in [5.74, 6) is 1.14. The number of rotatable bonds is 9. The van der Waals surface area contributed by atoms with Gasteiger partial charge in [-0.2, -0.15) is 0 Å². The maximum Gasteiger partial charge on any atom is 0.631 e. The maximum atomic E-state index is 7.17. The number of imidazole rings is 1. The van der Waals surface area contributed by atoms with E-state index in [1.807, 2.05) is 6.20 Å². The summed E-state index contributed by atoms with van der Waals surface area (Å²) in [6.45, 7) is 5.49. The highest BCUT2D eigenvalue weighted by molar-refractivity contribution is 6.30. The van der Waals surface area contributed by atoms with E-state index in [0.717, 1.165) is 12.4 Å². The summed E-state index contributed by atoms with van der Waals surface area (Å²) < 4.78 is 2.25. The SMILES string of the molecule is CCCCCCCCCCn1ccnc1C.OB(O)O. The zero-order chi connectivity index (χ0) is 15.2. The van der Waals surface area contributed by atoms with E-state index in [2.05, 4.69) is 29.6 Å². The van der Waals surface area contributed by atoms with Gasteiger partial charge in [0.15, 0.2) is 0 Å². The number of nitrogens with zero attached hydrogens (tertiary/aromatic N) is 2. The van der Waals surface area contributed by atoms with Crippen LogP contribution in [0.25, 0.3) is 0 Å². The average molecular weight is 284 g/mol. The Bertz CT molecular complexity index is 316.